The van der Waals surface area contributed by atoms with E-state index in [1.807, 2.05) is 79.1 Å². The van der Waals surface area contributed by atoms with Crippen molar-refractivity contribution in [3.05, 3.63) is 105 Å². The van der Waals surface area contributed by atoms with Crippen LogP contribution in [0.5, 0.6) is 11.5 Å². The Balaban J connectivity index is 1.37. The van der Waals surface area contributed by atoms with E-state index in [0.29, 0.717) is 24.5 Å². The van der Waals surface area contributed by atoms with Crippen molar-refractivity contribution in [2.75, 3.05) is 18.5 Å². The molecule has 0 saturated heterocycles. The van der Waals surface area contributed by atoms with Crippen LogP contribution in [0.25, 0.3) is 0 Å². The van der Waals surface area contributed by atoms with Gasteiger partial charge in [0.2, 0.25) is 5.95 Å². The van der Waals surface area contributed by atoms with E-state index in [1.165, 1.54) is 6.33 Å². The molecule has 4 aromatic rings. The van der Waals surface area contributed by atoms with Crippen molar-refractivity contribution < 1.29 is 4.74 Å². The Hall–Kier alpha value is -3.71. The second kappa shape index (κ2) is 10.5. The molecule has 0 aliphatic heterocycles. The molecular weight excluding hydrogens is 450 g/mol. The van der Waals surface area contributed by atoms with Crippen molar-refractivity contribution in [3.8, 4) is 11.5 Å². The van der Waals surface area contributed by atoms with Crippen molar-refractivity contribution in [2.24, 2.45) is 7.05 Å². The summed E-state index contributed by atoms with van der Waals surface area (Å²) in [6.07, 6.45) is 7.97. The minimum atomic E-state index is -0.234. The van der Waals surface area contributed by atoms with Gasteiger partial charge in [-0.1, -0.05) is 23.7 Å². The van der Waals surface area contributed by atoms with Crippen LogP contribution >= 0.6 is 11.6 Å². The molecule has 2 heterocycles. The highest BCUT2D eigenvalue weighted by Gasteiger charge is 2.11. The summed E-state index contributed by atoms with van der Waals surface area (Å²) in [6.45, 7) is 2.66. The van der Waals surface area contributed by atoms with Crippen molar-refractivity contribution in [1.29, 1.82) is 0 Å². The molecule has 8 heteroatoms. The lowest BCUT2D eigenvalue weighted by Crippen LogP contribution is -2.29. The van der Waals surface area contributed by atoms with Gasteiger partial charge in [-0.25, -0.2) is 9.97 Å². The maximum Gasteiger partial charge on any atom is 0.277 e. The monoisotopic (exact) mass is 475 g/mol. The summed E-state index contributed by atoms with van der Waals surface area (Å²) < 4.78 is 7.80. The number of aromatic nitrogens is 4. The minimum Gasteiger partial charge on any atom is -0.457 e. The average Bonchev–Trinajstić information content (AvgIpc) is 2.83. The van der Waals surface area contributed by atoms with Crippen LogP contribution in [0.4, 0.5) is 5.95 Å². The Labute approximate surface area is 203 Å². The van der Waals surface area contributed by atoms with Crippen LogP contribution in [0, 0.1) is 6.92 Å². The van der Waals surface area contributed by atoms with E-state index < -0.39 is 0 Å². The van der Waals surface area contributed by atoms with Gasteiger partial charge in [-0.3, -0.25) is 4.79 Å². The molecular formula is C26H26ClN5O2. The second-order valence-electron chi connectivity index (χ2n) is 8.23. The van der Waals surface area contributed by atoms with E-state index in [2.05, 4.69) is 15.0 Å². The number of hydrogen-bond acceptors (Lipinski definition) is 6. The molecule has 0 spiro atoms. The van der Waals surface area contributed by atoms with E-state index in [9.17, 15) is 4.79 Å². The van der Waals surface area contributed by atoms with Gasteiger partial charge in [0.05, 0.1) is 0 Å². The zero-order valence-corrected chi connectivity index (χ0v) is 20.2. The van der Waals surface area contributed by atoms with E-state index in [0.717, 1.165) is 39.6 Å². The first-order chi connectivity index (χ1) is 16.4. The standard InChI is InChI=1S/C26H26ClN5O2/c1-18-12-23(8-9-24(18)27)34-22-6-4-19(5-7-22)10-11-31(2)26-30-25(33)21(16-32(26)3)13-20-14-28-17-29-15-20/h4-9,12,14-17H,10-11,13H2,1-3H3. The molecule has 2 aromatic carbocycles. The van der Waals surface area contributed by atoms with E-state index in [1.54, 1.807) is 12.4 Å². The number of nitrogens with zero attached hydrogens (tertiary/aromatic N) is 5. The van der Waals surface area contributed by atoms with Gasteiger partial charge in [-0.05, 0) is 60.4 Å². The van der Waals surface area contributed by atoms with Gasteiger partial charge in [0.1, 0.15) is 17.8 Å². The van der Waals surface area contributed by atoms with Gasteiger partial charge < -0.3 is 14.2 Å². The van der Waals surface area contributed by atoms with E-state index >= 15 is 0 Å². The summed E-state index contributed by atoms with van der Waals surface area (Å²) >= 11 is 6.08. The molecule has 0 aliphatic carbocycles. The van der Waals surface area contributed by atoms with Crippen LogP contribution in [0.2, 0.25) is 5.02 Å². The topological polar surface area (TPSA) is 73.1 Å². The summed E-state index contributed by atoms with van der Waals surface area (Å²) in [7, 11) is 3.83. The maximum atomic E-state index is 12.6. The van der Waals surface area contributed by atoms with E-state index in [-0.39, 0.29) is 5.56 Å². The Morgan fingerprint density at radius 2 is 1.74 bits per heavy atom. The highest BCUT2D eigenvalue weighted by molar-refractivity contribution is 6.31. The molecule has 0 fully saturated rings. The summed E-state index contributed by atoms with van der Waals surface area (Å²) in [4.78, 5) is 26.9. The van der Waals surface area contributed by atoms with Gasteiger partial charge >= 0.3 is 0 Å². The van der Waals surface area contributed by atoms with Gasteiger partial charge in [-0.2, -0.15) is 4.98 Å². The molecule has 2 aromatic heterocycles. The van der Waals surface area contributed by atoms with Crippen molar-refractivity contribution >= 4 is 17.5 Å². The molecule has 0 N–H and O–H groups in total. The fourth-order valence-electron chi connectivity index (χ4n) is 3.64. The largest absolute Gasteiger partial charge is 0.457 e. The highest BCUT2D eigenvalue weighted by Crippen LogP contribution is 2.26. The van der Waals surface area contributed by atoms with Gasteiger partial charge in [-0.15, -0.1) is 0 Å². The maximum absolute atomic E-state index is 12.6. The number of anilines is 1. The number of benzene rings is 2. The summed E-state index contributed by atoms with van der Waals surface area (Å²) in [6, 6.07) is 13.6. The summed E-state index contributed by atoms with van der Waals surface area (Å²) in [5, 5.41) is 0.722. The predicted octanol–water partition coefficient (Wildman–Crippen LogP) is 4.59. The zero-order valence-electron chi connectivity index (χ0n) is 19.4. The summed E-state index contributed by atoms with van der Waals surface area (Å²) in [5.74, 6) is 2.14. The molecule has 0 saturated carbocycles. The molecule has 174 valence electrons. The third-order valence-corrected chi connectivity index (χ3v) is 5.94. The molecule has 7 nitrogen and oxygen atoms in total. The van der Waals surface area contributed by atoms with Crippen LogP contribution in [-0.4, -0.2) is 33.1 Å². The molecule has 0 radical (unpaired) electrons. The molecule has 4 rings (SSSR count). The van der Waals surface area contributed by atoms with Crippen LogP contribution in [0.15, 0.2) is 72.2 Å². The Kier molecular flexibility index (Phi) is 7.23. The van der Waals surface area contributed by atoms with Crippen molar-refractivity contribution in [2.45, 2.75) is 19.8 Å². The van der Waals surface area contributed by atoms with Crippen LogP contribution in [0.3, 0.4) is 0 Å². The molecule has 0 amide bonds. The fourth-order valence-corrected chi connectivity index (χ4v) is 3.76. The van der Waals surface area contributed by atoms with Crippen LogP contribution in [0.1, 0.15) is 22.3 Å². The molecule has 0 aliphatic rings. The number of aryl methyl sites for hydroxylation is 2. The number of likely N-dealkylation sites (N-methyl/N-ethyl adjacent to an activating group) is 1. The van der Waals surface area contributed by atoms with Gasteiger partial charge in [0, 0.05) is 56.2 Å². The smallest absolute Gasteiger partial charge is 0.277 e. The fraction of sp³-hybridized carbons (Fsp3) is 0.231. The van der Waals surface area contributed by atoms with Crippen molar-refractivity contribution in [1.82, 2.24) is 19.5 Å². The van der Waals surface area contributed by atoms with Crippen molar-refractivity contribution in [3.63, 3.8) is 0 Å². The van der Waals surface area contributed by atoms with Crippen LogP contribution in [-0.2, 0) is 19.9 Å². The Bertz CT molecular complexity index is 1320. The first-order valence-corrected chi connectivity index (χ1v) is 11.3. The van der Waals surface area contributed by atoms with Gasteiger partial charge in [0.25, 0.3) is 5.56 Å². The number of halogens is 1. The Morgan fingerprint density at radius 1 is 1.03 bits per heavy atom. The van der Waals surface area contributed by atoms with Gasteiger partial charge in [0.15, 0.2) is 0 Å². The average molecular weight is 476 g/mol. The lowest BCUT2D eigenvalue weighted by atomic mass is 10.1. The van der Waals surface area contributed by atoms with E-state index in [4.69, 9.17) is 16.3 Å². The number of hydrogen-bond donors (Lipinski definition) is 0. The molecule has 34 heavy (non-hydrogen) atoms. The number of rotatable bonds is 8. The molecule has 0 bridgehead atoms. The second-order valence-corrected chi connectivity index (χ2v) is 8.64. The Morgan fingerprint density at radius 3 is 2.44 bits per heavy atom. The SMILES string of the molecule is Cc1cc(Oc2ccc(CCN(C)c3nc(=O)c(Cc4cncnc4)cn3C)cc2)ccc1Cl. The summed E-state index contributed by atoms with van der Waals surface area (Å²) in [5.41, 5.74) is 3.39. The van der Waals surface area contributed by atoms with Crippen LogP contribution < -0.4 is 15.2 Å². The molecule has 0 unspecified atom stereocenters. The third-order valence-electron chi connectivity index (χ3n) is 5.52. The zero-order chi connectivity index (χ0) is 24.1. The quantitative estimate of drug-likeness (QED) is 0.371. The normalized spacial score (nSPS) is 10.8. The number of ether oxygens (including phenoxy) is 1. The first-order valence-electron chi connectivity index (χ1n) is 10.9. The highest BCUT2D eigenvalue weighted by atomic mass is 35.5. The minimum absolute atomic E-state index is 0.234. The molecule has 0 atom stereocenters. The third kappa shape index (κ3) is 5.80. The predicted molar refractivity (Wildman–Crippen MR) is 134 cm³/mol. The lowest BCUT2D eigenvalue weighted by molar-refractivity contribution is 0.482. The first kappa shape index (κ1) is 23.4. The lowest BCUT2D eigenvalue weighted by Gasteiger charge is -2.21.